The summed E-state index contributed by atoms with van der Waals surface area (Å²) in [4.78, 5) is 10.3. The number of hydrogen-bond donors (Lipinski definition) is 2. The Morgan fingerprint density at radius 3 is 2.58 bits per heavy atom. The summed E-state index contributed by atoms with van der Waals surface area (Å²) in [5.74, 6) is -1.13. The molecular formula is C6H10ClF2NO2. The van der Waals surface area contributed by atoms with Crippen molar-refractivity contribution in [1.29, 1.82) is 0 Å². The van der Waals surface area contributed by atoms with E-state index in [1.165, 1.54) is 0 Å². The molecule has 6 heteroatoms. The number of alkyl halides is 2. The van der Waals surface area contributed by atoms with Gasteiger partial charge >= 0.3 is 5.97 Å². The zero-order valence-electron chi connectivity index (χ0n) is 6.22. The first-order chi connectivity index (χ1) is 5.07. The van der Waals surface area contributed by atoms with Crippen molar-refractivity contribution < 1.29 is 18.7 Å². The van der Waals surface area contributed by atoms with E-state index in [1.54, 1.807) is 0 Å². The van der Waals surface area contributed by atoms with Crippen molar-refractivity contribution in [1.82, 2.24) is 5.32 Å². The van der Waals surface area contributed by atoms with E-state index in [2.05, 4.69) is 5.32 Å². The summed E-state index contributed by atoms with van der Waals surface area (Å²) in [6, 6.07) is -0.934. The molecule has 0 amide bonds. The van der Waals surface area contributed by atoms with Crippen LogP contribution in [0, 0.1) is 0 Å². The monoisotopic (exact) mass is 201 g/mol. The maximum absolute atomic E-state index is 13.0. The van der Waals surface area contributed by atoms with Gasteiger partial charge in [-0.1, -0.05) is 0 Å². The second kappa shape index (κ2) is 4.00. The highest BCUT2D eigenvalue weighted by atomic mass is 35.5. The van der Waals surface area contributed by atoms with Crippen molar-refractivity contribution in [2.24, 2.45) is 0 Å². The average Bonchev–Trinajstić information content (AvgIpc) is 2.33. The highest BCUT2D eigenvalue weighted by Gasteiger charge is 2.42. The Hall–Kier alpha value is -0.420. The lowest BCUT2D eigenvalue weighted by molar-refractivity contribution is -0.139. The molecule has 0 aromatic carbocycles. The van der Waals surface area contributed by atoms with Crippen LogP contribution in [0.25, 0.3) is 0 Å². The molecule has 12 heavy (non-hydrogen) atoms. The van der Waals surface area contributed by atoms with Crippen molar-refractivity contribution in [2.75, 3.05) is 13.2 Å². The smallest absolute Gasteiger partial charge is 0.320 e. The Morgan fingerprint density at radius 2 is 2.33 bits per heavy atom. The highest BCUT2D eigenvalue weighted by molar-refractivity contribution is 5.85. The highest BCUT2D eigenvalue weighted by Crippen LogP contribution is 2.24. The van der Waals surface area contributed by atoms with Gasteiger partial charge in [-0.05, 0) is 0 Å². The first-order valence-electron chi connectivity index (χ1n) is 3.28. The van der Waals surface area contributed by atoms with Gasteiger partial charge in [0.05, 0.1) is 0 Å². The predicted molar refractivity (Wildman–Crippen MR) is 41.1 cm³/mol. The Balaban J connectivity index is 0.00000121. The number of carboxylic acids is 1. The molecule has 0 unspecified atom stereocenters. The fraction of sp³-hybridized carbons (Fsp3) is 0.833. The predicted octanol–water partition coefficient (Wildman–Crippen LogP) is 0.532. The minimum absolute atomic E-state index is 0. The fourth-order valence-corrected chi connectivity index (χ4v) is 1.09. The van der Waals surface area contributed by atoms with E-state index in [1.807, 2.05) is 0 Å². The third kappa shape index (κ3) is 2.28. The molecule has 3 nitrogen and oxygen atoms in total. The Morgan fingerprint density at radius 1 is 1.75 bits per heavy atom. The molecule has 0 saturated carbocycles. The SMILES string of the molecule is Cl.O=C(O)[C@@H]1C[C@](F)(CF)CN1. The number of carbonyl (C=O) groups is 1. The van der Waals surface area contributed by atoms with E-state index in [0.29, 0.717) is 0 Å². The molecule has 0 aromatic rings. The average molecular weight is 202 g/mol. The standard InChI is InChI=1S/C6H9F2NO2.ClH/c7-2-6(8)1-4(5(10)11)9-3-6;/h4,9H,1-3H2,(H,10,11);1H/t4-,6-;/m0./s1. The zero-order chi connectivity index (χ0) is 8.48. The van der Waals surface area contributed by atoms with Crippen LogP contribution in [-0.4, -0.2) is 36.0 Å². The topological polar surface area (TPSA) is 49.3 Å². The molecule has 0 bridgehead atoms. The molecule has 0 aliphatic carbocycles. The van der Waals surface area contributed by atoms with Crippen LogP contribution in [-0.2, 0) is 4.79 Å². The minimum Gasteiger partial charge on any atom is -0.480 e. The Labute approximate surface area is 74.5 Å². The van der Waals surface area contributed by atoms with E-state index < -0.39 is 24.4 Å². The largest absolute Gasteiger partial charge is 0.480 e. The van der Waals surface area contributed by atoms with E-state index >= 15 is 0 Å². The molecule has 0 radical (unpaired) electrons. The summed E-state index contributed by atoms with van der Waals surface area (Å²) in [6.45, 7) is -1.33. The van der Waals surface area contributed by atoms with Crippen molar-refractivity contribution >= 4 is 18.4 Å². The van der Waals surface area contributed by atoms with Gasteiger partial charge in [0.15, 0.2) is 5.67 Å². The number of carboxylic acid groups (broad SMARTS) is 1. The van der Waals surface area contributed by atoms with Crippen LogP contribution in [0.1, 0.15) is 6.42 Å². The number of aliphatic carboxylic acids is 1. The van der Waals surface area contributed by atoms with Gasteiger partial charge in [-0.3, -0.25) is 4.79 Å². The van der Waals surface area contributed by atoms with Crippen LogP contribution in [0.3, 0.4) is 0 Å². The third-order valence-corrected chi connectivity index (χ3v) is 1.77. The van der Waals surface area contributed by atoms with Crippen molar-refractivity contribution in [2.45, 2.75) is 18.1 Å². The molecule has 0 spiro atoms. The van der Waals surface area contributed by atoms with Gasteiger partial charge < -0.3 is 10.4 Å². The van der Waals surface area contributed by atoms with Crippen LogP contribution < -0.4 is 5.32 Å². The summed E-state index contributed by atoms with van der Waals surface area (Å²) >= 11 is 0. The van der Waals surface area contributed by atoms with Gasteiger partial charge in [0, 0.05) is 13.0 Å². The quantitative estimate of drug-likeness (QED) is 0.686. The van der Waals surface area contributed by atoms with E-state index in [-0.39, 0.29) is 25.4 Å². The molecule has 1 aliphatic rings. The Kier molecular flexibility index (Phi) is 3.86. The summed E-state index contributed by atoms with van der Waals surface area (Å²) in [7, 11) is 0. The molecular weight excluding hydrogens is 192 g/mol. The molecule has 2 atom stereocenters. The van der Waals surface area contributed by atoms with Gasteiger partial charge in [0.2, 0.25) is 0 Å². The molecule has 1 fully saturated rings. The minimum atomic E-state index is -1.97. The normalized spacial score (nSPS) is 34.3. The third-order valence-electron chi connectivity index (χ3n) is 1.77. The first kappa shape index (κ1) is 11.6. The molecule has 0 aromatic heterocycles. The Bertz CT molecular complexity index is 181. The number of nitrogens with one attached hydrogen (secondary N) is 1. The van der Waals surface area contributed by atoms with Crippen LogP contribution in [0.5, 0.6) is 0 Å². The molecule has 72 valence electrons. The summed E-state index contributed by atoms with van der Waals surface area (Å²) in [5.41, 5.74) is -1.97. The maximum Gasteiger partial charge on any atom is 0.320 e. The lowest BCUT2D eigenvalue weighted by Gasteiger charge is -2.11. The second-order valence-electron chi connectivity index (χ2n) is 2.76. The van der Waals surface area contributed by atoms with Gasteiger partial charge in [0.1, 0.15) is 12.7 Å². The summed E-state index contributed by atoms with van der Waals surface area (Å²) in [5, 5.41) is 10.8. The fourth-order valence-electron chi connectivity index (χ4n) is 1.09. The van der Waals surface area contributed by atoms with Crippen LogP contribution in [0.4, 0.5) is 8.78 Å². The molecule has 1 saturated heterocycles. The lowest BCUT2D eigenvalue weighted by atomic mass is 10.0. The van der Waals surface area contributed by atoms with Crippen LogP contribution in [0.15, 0.2) is 0 Å². The van der Waals surface area contributed by atoms with Crippen molar-refractivity contribution in [3.05, 3.63) is 0 Å². The first-order valence-corrected chi connectivity index (χ1v) is 3.28. The number of rotatable bonds is 2. The maximum atomic E-state index is 13.0. The van der Waals surface area contributed by atoms with E-state index in [4.69, 9.17) is 5.11 Å². The van der Waals surface area contributed by atoms with Crippen molar-refractivity contribution in [3.63, 3.8) is 0 Å². The second-order valence-corrected chi connectivity index (χ2v) is 2.76. The van der Waals surface area contributed by atoms with Gasteiger partial charge in [-0.2, -0.15) is 0 Å². The summed E-state index contributed by atoms with van der Waals surface area (Å²) in [6.07, 6.45) is -0.279. The molecule has 1 heterocycles. The lowest BCUT2D eigenvalue weighted by Crippen LogP contribution is -2.30. The van der Waals surface area contributed by atoms with Crippen molar-refractivity contribution in [3.8, 4) is 0 Å². The molecule has 2 N–H and O–H groups in total. The molecule has 1 aliphatic heterocycles. The van der Waals surface area contributed by atoms with E-state index in [9.17, 15) is 13.6 Å². The van der Waals surface area contributed by atoms with Crippen LogP contribution in [0.2, 0.25) is 0 Å². The summed E-state index contributed by atoms with van der Waals surface area (Å²) < 4.78 is 24.9. The number of hydrogen-bond acceptors (Lipinski definition) is 2. The van der Waals surface area contributed by atoms with Crippen LogP contribution >= 0.6 is 12.4 Å². The van der Waals surface area contributed by atoms with Gasteiger partial charge in [-0.25, -0.2) is 8.78 Å². The molecule has 1 rings (SSSR count). The van der Waals surface area contributed by atoms with Gasteiger partial charge in [0.25, 0.3) is 0 Å². The van der Waals surface area contributed by atoms with E-state index in [0.717, 1.165) is 0 Å². The number of halogens is 3. The zero-order valence-corrected chi connectivity index (χ0v) is 7.03. The van der Waals surface area contributed by atoms with Gasteiger partial charge in [-0.15, -0.1) is 12.4 Å².